The van der Waals surface area contributed by atoms with Gasteiger partial charge in [-0.05, 0) is 19.1 Å². The molecule has 0 aliphatic heterocycles. The Hall–Kier alpha value is -1.48. The number of rotatable bonds is 5. The molecule has 3 N–H and O–H groups in total. The molecule has 11 heteroatoms. The van der Waals surface area contributed by atoms with Gasteiger partial charge in [-0.3, -0.25) is 4.79 Å². The Morgan fingerprint density at radius 3 is 2.50 bits per heavy atom. The molecule has 1 aromatic carbocycles. The summed E-state index contributed by atoms with van der Waals surface area (Å²) in [6.45, 7) is -0.190. The van der Waals surface area contributed by atoms with Crippen LogP contribution < -0.4 is 11.1 Å². The third kappa shape index (κ3) is 4.54. The molecule has 0 saturated heterocycles. The van der Waals surface area contributed by atoms with Crippen molar-refractivity contribution >= 4 is 41.5 Å². The monoisotopic (exact) mass is 399 g/mol. The molecule has 2 aromatic rings. The quantitative estimate of drug-likeness (QED) is 0.808. The number of halogens is 5. The molecular weight excluding hydrogens is 387 g/mol. The fourth-order valence-corrected chi connectivity index (χ4v) is 2.31. The highest BCUT2D eigenvalue weighted by molar-refractivity contribution is 6.37. The van der Waals surface area contributed by atoms with Crippen LogP contribution in [0.4, 0.5) is 8.78 Å². The number of amides is 1. The lowest BCUT2D eigenvalue weighted by atomic mass is 10.3. The van der Waals surface area contributed by atoms with Crippen molar-refractivity contribution in [2.75, 3.05) is 13.1 Å². The van der Waals surface area contributed by atoms with Crippen LogP contribution in [0.3, 0.4) is 0 Å². The minimum atomic E-state index is -3.20. The average Bonchev–Trinajstić information content (AvgIpc) is 2.87. The van der Waals surface area contributed by atoms with Gasteiger partial charge in [0, 0.05) is 0 Å². The largest absolute Gasteiger partial charge is 0.343 e. The topological polar surface area (TPSA) is 85.8 Å². The molecule has 0 aliphatic rings. The van der Waals surface area contributed by atoms with E-state index in [2.05, 4.69) is 10.1 Å². The van der Waals surface area contributed by atoms with Crippen molar-refractivity contribution in [2.24, 2.45) is 5.73 Å². The molecular formula is C13H14Cl3F2N5O. The van der Waals surface area contributed by atoms with Crippen LogP contribution in [-0.4, -0.2) is 39.7 Å². The van der Waals surface area contributed by atoms with E-state index in [0.29, 0.717) is 21.6 Å². The number of aromatic nitrogens is 3. The van der Waals surface area contributed by atoms with E-state index in [1.54, 1.807) is 25.1 Å². The van der Waals surface area contributed by atoms with E-state index in [4.69, 9.17) is 28.9 Å². The van der Waals surface area contributed by atoms with Crippen LogP contribution in [-0.2, 0) is 0 Å². The number of alkyl halides is 2. The second kappa shape index (κ2) is 8.06. The summed E-state index contributed by atoms with van der Waals surface area (Å²) in [6, 6.07) is 4.86. The van der Waals surface area contributed by atoms with Crippen molar-refractivity contribution in [1.82, 2.24) is 20.1 Å². The van der Waals surface area contributed by atoms with Crippen molar-refractivity contribution < 1.29 is 13.6 Å². The highest BCUT2D eigenvalue weighted by Gasteiger charge is 2.28. The number of nitrogens with two attached hydrogens (primary N) is 1. The molecule has 1 heterocycles. The van der Waals surface area contributed by atoms with Crippen LogP contribution in [0.1, 0.15) is 16.4 Å². The van der Waals surface area contributed by atoms with E-state index in [1.807, 2.05) is 5.32 Å². The molecule has 6 nitrogen and oxygen atoms in total. The minimum absolute atomic E-state index is 0. The number of hydrogen-bond donors (Lipinski definition) is 2. The maximum atomic E-state index is 13.1. The maximum Gasteiger partial charge on any atom is 0.291 e. The molecule has 0 atom stereocenters. The summed E-state index contributed by atoms with van der Waals surface area (Å²) in [5.74, 6) is -3.98. The first kappa shape index (κ1) is 20.6. The van der Waals surface area contributed by atoms with Gasteiger partial charge in [-0.15, -0.1) is 17.5 Å². The van der Waals surface area contributed by atoms with Gasteiger partial charge < -0.3 is 11.1 Å². The van der Waals surface area contributed by atoms with E-state index in [0.717, 1.165) is 0 Å². The number of carbonyl (C=O) groups is 1. The van der Waals surface area contributed by atoms with Crippen LogP contribution >= 0.6 is 35.6 Å². The Kier molecular flexibility index (Phi) is 6.91. The molecule has 0 saturated carbocycles. The number of nitrogens with zero attached hydrogens (tertiary/aromatic N) is 3. The summed E-state index contributed by atoms with van der Waals surface area (Å²) < 4.78 is 27.4. The highest BCUT2D eigenvalue weighted by atomic mass is 35.5. The molecule has 24 heavy (non-hydrogen) atoms. The Labute approximate surface area is 152 Å². The third-order valence-corrected chi connectivity index (χ3v) is 3.54. The minimum Gasteiger partial charge on any atom is -0.343 e. The zero-order valence-corrected chi connectivity index (χ0v) is 14.7. The molecule has 1 amide bonds. The number of hydrogen-bond acceptors (Lipinski definition) is 4. The molecule has 0 unspecified atom stereocenters. The first-order valence-corrected chi connectivity index (χ1v) is 7.25. The van der Waals surface area contributed by atoms with Crippen molar-refractivity contribution in [1.29, 1.82) is 0 Å². The van der Waals surface area contributed by atoms with Gasteiger partial charge in [0.25, 0.3) is 11.8 Å². The first-order valence-electron chi connectivity index (χ1n) is 6.49. The van der Waals surface area contributed by atoms with Crippen LogP contribution in [0.25, 0.3) is 5.69 Å². The second-order valence-corrected chi connectivity index (χ2v) is 5.52. The lowest BCUT2D eigenvalue weighted by Crippen LogP contribution is -2.41. The fourth-order valence-electron chi connectivity index (χ4n) is 1.75. The normalized spacial score (nSPS) is 11.1. The zero-order chi connectivity index (χ0) is 17.2. The van der Waals surface area contributed by atoms with Crippen molar-refractivity contribution in [2.45, 2.75) is 12.8 Å². The summed E-state index contributed by atoms with van der Waals surface area (Å²) in [5, 5.41) is 6.64. The smallest absolute Gasteiger partial charge is 0.291 e. The van der Waals surface area contributed by atoms with E-state index < -0.39 is 24.9 Å². The Balaban J connectivity index is 0.00000288. The summed E-state index contributed by atoms with van der Waals surface area (Å²) in [4.78, 5) is 15.8. The van der Waals surface area contributed by atoms with E-state index in [-0.39, 0.29) is 18.2 Å². The summed E-state index contributed by atoms with van der Waals surface area (Å²) in [6.07, 6.45) is 0. The van der Waals surface area contributed by atoms with Crippen molar-refractivity contribution in [3.05, 3.63) is 39.9 Å². The molecule has 0 fully saturated rings. The average molecular weight is 401 g/mol. The van der Waals surface area contributed by atoms with Gasteiger partial charge in [-0.2, -0.15) is 0 Å². The number of para-hydroxylation sites is 1. The lowest BCUT2D eigenvalue weighted by Gasteiger charge is -2.13. The van der Waals surface area contributed by atoms with Gasteiger partial charge in [-0.1, -0.05) is 29.3 Å². The Bertz CT molecular complexity index is 718. The van der Waals surface area contributed by atoms with Crippen LogP contribution in [0.5, 0.6) is 0 Å². The molecule has 0 bridgehead atoms. The second-order valence-electron chi connectivity index (χ2n) is 4.71. The summed E-state index contributed by atoms with van der Waals surface area (Å²) in [7, 11) is 0. The number of benzene rings is 1. The molecule has 0 spiro atoms. The molecule has 0 radical (unpaired) electrons. The molecule has 2 rings (SSSR count). The summed E-state index contributed by atoms with van der Waals surface area (Å²) in [5.41, 5.74) is 5.26. The third-order valence-electron chi connectivity index (χ3n) is 2.93. The maximum absolute atomic E-state index is 13.1. The van der Waals surface area contributed by atoms with Crippen LogP contribution in [0.2, 0.25) is 10.0 Å². The van der Waals surface area contributed by atoms with Crippen molar-refractivity contribution in [3.63, 3.8) is 0 Å². The van der Waals surface area contributed by atoms with Gasteiger partial charge in [0.05, 0.1) is 23.1 Å². The first-order chi connectivity index (χ1) is 10.7. The SMILES string of the molecule is Cc1nc(C(=O)NCC(F)(F)CN)nn1-c1c(Cl)cccc1Cl.Cl. The predicted octanol–water partition coefficient (Wildman–Crippen LogP) is 2.63. The van der Waals surface area contributed by atoms with E-state index >= 15 is 0 Å². The van der Waals surface area contributed by atoms with Gasteiger partial charge >= 0.3 is 0 Å². The molecule has 0 aliphatic carbocycles. The summed E-state index contributed by atoms with van der Waals surface area (Å²) >= 11 is 12.2. The Morgan fingerprint density at radius 1 is 1.38 bits per heavy atom. The van der Waals surface area contributed by atoms with E-state index in [1.165, 1.54) is 4.68 Å². The standard InChI is InChI=1S/C13H13Cl2F2N5O.ClH/c1-7-20-11(12(23)19-6-13(16,17)5-18)21-22(7)10-8(14)3-2-4-9(10)15;/h2-4H,5-6,18H2,1H3,(H,19,23);1H. The number of aryl methyl sites for hydroxylation is 1. The lowest BCUT2D eigenvalue weighted by molar-refractivity contribution is 0.0117. The molecule has 132 valence electrons. The van der Waals surface area contributed by atoms with Gasteiger partial charge in [0.1, 0.15) is 11.5 Å². The fraction of sp³-hybridized carbons (Fsp3) is 0.308. The van der Waals surface area contributed by atoms with Crippen LogP contribution in [0, 0.1) is 6.92 Å². The zero-order valence-electron chi connectivity index (χ0n) is 12.4. The molecule has 1 aromatic heterocycles. The number of carbonyl (C=O) groups excluding carboxylic acids is 1. The number of nitrogens with one attached hydrogen (secondary N) is 1. The van der Waals surface area contributed by atoms with E-state index in [9.17, 15) is 13.6 Å². The predicted molar refractivity (Wildman–Crippen MR) is 89.7 cm³/mol. The van der Waals surface area contributed by atoms with Gasteiger partial charge in [0.2, 0.25) is 5.82 Å². The highest BCUT2D eigenvalue weighted by Crippen LogP contribution is 2.28. The van der Waals surface area contributed by atoms with Gasteiger partial charge in [-0.25, -0.2) is 18.4 Å². The van der Waals surface area contributed by atoms with Gasteiger partial charge in [0.15, 0.2) is 0 Å². The Morgan fingerprint density at radius 2 is 1.96 bits per heavy atom. The van der Waals surface area contributed by atoms with Crippen molar-refractivity contribution in [3.8, 4) is 5.69 Å². The van der Waals surface area contributed by atoms with Crippen LogP contribution in [0.15, 0.2) is 18.2 Å².